The molecule has 0 spiro atoms. The molecule has 0 amide bonds. The maximum atomic E-state index is 5.91. The van der Waals surface area contributed by atoms with E-state index >= 15 is 0 Å². The number of hydrogen-bond acceptors (Lipinski definition) is 3. The number of nitrogens with zero attached hydrogens (tertiary/aromatic N) is 2. The van der Waals surface area contributed by atoms with E-state index in [0.717, 1.165) is 16.8 Å². The van der Waals surface area contributed by atoms with E-state index in [2.05, 4.69) is 10.2 Å². The van der Waals surface area contributed by atoms with E-state index in [4.69, 9.17) is 23.1 Å². The second-order valence-corrected chi connectivity index (χ2v) is 5.92. The van der Waals surface area contributed by atoms with Crippen molar-refractivity contribution in [2.24, 2.45) is 21.7 Å². The summed E-state index contributed by atoms with van der Waals surface area (Å²) in [5.74, 6) is -0.0608. The van der Waals surface area contributed by atoms with Gasteiger partial charge in [0.2, 0.25) is 5.96 Å². The predicted octanol–water partition coefficient (Wildman–Crippen LogP) is 3.28. The Bertz CT molecular complexity index is 674. The lowest BCUT2D eigenvalue weighted by atomic mass is 10.0. The molecule has 6 heteroatoms. The summed E-state index contributed by atoms with van der Waals surface area (Å²) in [7, 11) is 0. The fourth-order valence-corrected chi connectivity index (χ4v) is 2.43. The molecule has 0 radical (unpaired) electrons. The molecule has 0 heterocycles. The molecule has 0 aliphatic rings. The summed E-state index contributed by atoms with van der Waals surface area (Å²) in [6.07, 6.45) is 2.66. The second-order valence-electron chi connectivity index (χ2n) is 4.60. The van der Waals surface area contributed by atoms with Crippen molar-refractivity contribution in [3.8, 4) is 0 Å². The highest BCUT2D eigenvalue weighted by atomic mass is 35.5. The lowest BCUT2D eigenvalue weighted by Crippen LogP contribution is -2.22. The molecule has 2 aromatic carbocycles. The van der Waals surface area contributed by atoms with Crippen LogP contribution in [0.4, 0.5) is 0 Å². The molecule has 4 nitrogen and oxygen atoms in total. The number of halogens is 1. The van der Waals surface area contributed by atoms with Crippen molar-refractivity contribution in [2.45, 2.75) is 11.3 Å². The lowest BCUT2D eigenvalue weighted by molar-refractivity contribution is 1.16. The van der Waals surface area contributed by atoms with Crippen LogP contribution >= 0.6 is 23.4 Å². The number of rotatable bonds is 5. The third-order valence-electron chi connectivity index (χ3n) is 2.99. The Balaban J connectivity index is 2.31. The van der Waals surface area contributed by atoms with Crippen LogP contribution in [0.2, 0.25) is 5.02 Å². The average molecular weight is 333 g/mol. The van der Waals surface area contributed by atoms with Crippen molar-refractivity contribution in [3.63, 3.8) is 0 Å². The van der Waals surface area contributed by atoms with Gasteiger partial charge in [-0.25, -0.2) is 0 Å². The number of hydrogen-bond donors (Lipinski definition) is 2. The van der Waals surface area contributed by atoms with Gasteiger partial charge in [0.25, 0.3) is 0 Å². The quantitative estimate of drug-likeness (QED) is 0.382. The van der Waals surface area contributed by atoms with Crippen LogP contribution in [0.5, 0.6) is 0 Å². The summed E-state index contributed by atoms with van der Waals surface area (Å²) in [5.41, 5.74) is 13.6. The topological polar surface area (TPSA) is 76.8 Å². The van der Waals surface area contributed by atoms with Gasteiger partial charge in [0.05, 0.1) is 5.71 Å². The smallest absolute Gasteiger partial charge is 0.211 e. The fraction of sp³-hybridized carbons (Fsp3) is 0.125. The van der Waals surface area contributed by atoms with Gasteiger partial charge in [-0.05, 0) is 41.6 Å². The molecule has 114 valence electrons. The standard InChI is InChI=1S/C16H17ClN4S/c1-22-14-8-4-12(5-9-14)15(20-21-16(18)19)10-11-2-6-13(17)7-3-11/h2-9H,10H2,1H3,(H4,18,19,21). The van der Waals surface area contributed by atoms with Crippen molar-refractivity contribution >= 4 is 35.0 Å². The van der Waals surface area contributed by atoms with Gasteiger partial charge in [-0.15, -0.1) is 16.9 Å². The molecule has 0 saturated carbocycles. The van der Waals surface area contributed by atoms with Crippen LogP contribution in [0, 0.1) is 0 Å². The van der Waals surface area contributed by atoms with E-state index in [1.54, 1.807) is 11.8 Å². The van der Waals surface area contributed by atoms with Crippen LogP contribution in [0.3, 0.4) is 0 Å². The summed E-state index contributed by atoms with van der Waals surface area (Å²) in [6.45, 7) is 0. The molecule has 2 rings (SSSR count). The fourth-order valence-electron chi connectivity index (χ4n) is 1.89. The van der Waals surface area contributed by atoms with E-state index in [1.165, 1.54) is 4.90 Å². The minimum atomic E-state index is -0.0608. The van der Waals surface area contributed by atoms with E-state index < -0.39 is 0 Å². The monoisotopic (exact) mass is 332 g/mol. The summed E-state index contributed by atoms with van der Waals surface area (Å²) in [6, 6.07) is 15.8. The SMILES string of the molecule is CSc1ccc(C(Cc2ccc(Cl)cc2)=NN=C(N)N)cc1. The molecule has 0 unspecified atom stereocenters. The average Bonchev–Trinajstić information content (AvgIpc) is 2.53. The first-order chi connectivity index (χ1) is 10.6. The Labute approximate surface area is 139 Å². The number of benzene rings is 2. The Kier molecular flexibility index (Phi) is 5.86. The zero-order valence-electron chi connectivity index (χ0n) is 12.2. The summed E-state index contributed by atoms with van der Waals surface area (Å²) in [4.78, 5) is 1.19. The Hall–Kier alpha value is -1.98. The molecule has 2 aromatic rings. The third kappa shape index (κ3) is 4.79. The van der Waals surface area contributed by atoms with Crippen LogP contribution in [0.15, 0.2) is 63.6 Å². The van der Waals surface area contributed by atoms with Gasteiger partial charge in [-0.3, -0.25) is 0 Å². The normalized spacial score (nSPS) is 11.3. The molecular formula is C16H17ClN4S. The summed E-state index contributed by atoms with van der Waals surface area (Å²) < 4.78 is 0. The van der Waals surface area contributed by atoms with Crippen LogP contribution in [-0.2, 0) is 6.42 Å². The van der Waals surface area contributed by atoms with E-state index in [9.17, 15) is 0 Å². The Morgan fingerprint density at radius 1 is 1.00 bits per heavy atom. The minimum absolute atomic E-state index is 0.0608. The van der Waals surface area contributed by atoms with Gasteiger partial charge < -0.3 is 11.5 Å². The zero-order chi connectivity index (χ0) is 15.9. The van der Waals surface area contributed by atoms with Crippen molar-refractivity contribution in [2.75, 3.05) is 6.26 Å². The first kappa shape index (κ1) is 16.4. The Morgan fingerprint density at radius 3 is 2.18 bits per heavy atom. The molecule has 0 saturated heterocycles. The first-order valence-electron chi connectivity index (χ1n) is 6.63. The highest BCUT2D eigenvalue weighted by molar-refractivity contribution is 7.98. The maximum absolute atomic E-state index is 5.91. The van der Waals surface area contributed by atoms with Crippen LogP contribution < -0.4 is 11.5 Å². The van der Waals surface area contributed by atoms with E-state index in [1.807, 2.05) is 54.8 Å². The number of guanidine groups is 1. The maximum Gasteiger partial charge on any atom is 0.211 e. The van der Waals surface area contributed by atoms with Crippen molar-refractivity contribution in [1.29, 1.82) is 0 Å². The molecule has 0 atom stereocenters. The van der Waals surface area contributed by atoms with Gasteiger partial charge >= 0.3 is 0 Å². The number of nitrogens with two attached hydrogens (primary N) is 2. The molecule has 0 aromatic heterocycles. The van der Waals surface area contributed by atoms with E-state index in [-0.39, 0.29) is 5.96 Å². The zero-order valence-corrected chi connectivity index (χ0v) is 13.7. The molecular weight excluding hydrogens is 316 g/mol. The van der Waals surface area contributed by atoms with Crippen molar-refractivity contribution in [3.05, 3.63) is 64.7 Å². The van der Waals surface area contributed by atoms with Gasteiger partial charge in [-0.2, -0.15) is 5.10 Å². The Morgan fingerprint density at radius 2 is 1.64 bits per heavy atom. The summed E-state index contributed by atoms with van der Waals surface area (Å²) >= 11 is 7.60. The molecule has 0 aliphatic heterocycles. The van der Waals surface area contributed by atoms with E-state index in [0.29, 0.717) is 11.4 Å². The highest BCUT2D eigenvalue weighted by Gasteiger charge is 2.06. The molecule has 4 N–H and O–H groups in total. The predicted molar refractivity (Wildman–Crippen MR) is 95.7 cm³/mol. The molecule has 0 bridgehead atoms. The second kappa shape index (κ2) is 7.87. The van der Waals surface area contributed by atoms with Gasteiger partial charge in [-0.1, -0.05) is 35.9 Å². The third-order valence-corrected chi connectivity index (χ3v) is 3.99. The lowest BCUT2D eigenvalue weighted by Gasteiger charge is -2.07. The van der Waals surface area contributed by atoms with Crippen molar-refractivity contribution in [1.82, 2.24) is 0 Å². The highest BCUT2D eigenvalue weighted by Crippen LogP contribution is 2.17. The van der Waals surface area contributed by atoms with Crippen LogP contribution in [-0.4, -0.2) is 17.9 Å². The molecule has 0 aliphatic carbocycles. The van der Waals surface area contributed by atoms with Crippen molar-refractivity contribution < 1.29 is 0 Å². The first-order valence-corrected chi connectivity index (χ1v) is 8.23. The summed E-state index contributed by atoms with van der Waals surface area (Å²) in [5, 5.41) is 8.67. The van der Waals surface area contributed by atoms with Gasteiger partial charge in [0, 0.05) is 16.3 Å². The minimum Gasteiger partial charge on any atom is -0.369 e. The largest absolute Gasteiger partial charge is 0.369 e. The van der Waals surface area contributed by atoms with Gasteiger partial charge in [0.1, 0.15) is 0 Å². The molecule has 0 fully saturated rings. The van der Waals surface area contributed by atoms with Crippen LogP contribution in [0.25, 0.3) is 0 Å². The van der Waals surface area contributed by atoms with Crippen LogP contribution in [0.1, 0.15) is 11.1 Å². The molecule has 22 heavy (non-hydrogen) atoms. The number of thioether (sulfide) groups is 1. The van der Waals surface area contributed by atoms with Gasteiger partial charge in [0.15, 0.2) is 0 Å².